The van der Waals surface area contributed by atoms with E-state index in [1.54, 1.807) is 29.2 Å². The van der Waals surface area contributed by atoms with Gasteiger partial charge in [0.2, 0.25) is 0 Å². The van der Waals surface area contributed by atoms with E-state index < -0.39 is 0 Å². The Morgan fingerprint density at radius 1 is 1.38 bits per heavy atom. The molecule has 1 aliphatic rings. The molecule has 1 atom stereocenters. The van der Waals surface area contributed by atoms with Crippen LogP contribution in [0.1, 0.15) is 23.2 Å². The van der Waals surface area contributed by atoms with Crippen molar-refractivity contribution in [3.8, 4) is 0 Å². The molecule has 16 heavy (non-hydrogen) atoms. The first-order chi connectivity index (χ1) is 7.66. The molecular weight excluding hydrogens is 222 g/mol. The lowest BCUT2D eigenvalue weighted by molar-refractivity contribution is 0.0473. The van der Waals surface area contributed by atoms with E-state index in [0.29, 0.717) is 12.1 Å². The summed E-state index contributed by atoms with van der Waals surface area (Å²) in [5, 5.41) is 9.51. The number of piperidine rings is 1. The van der Waals surface area contributed by atoms with Crippen LogP contribution < -0.4 is 0 Å². The van der Waals surface area contributed by atoms with Crippen molar-refractivity contribution in [1.82, 2.24) is 4.90 Å². The predicted molar refractivity (Wildman–Crippen MR) is 64.8 cm³/mol. The molecular formula is C12H15NO2S. The van der Waals surface area contributed by atoms with Gasteiger partial charge in [0.1, 0.15) is 0 Å². The number of likely N-dealkylation sites (tertiary alicyclic amines) is 1. The summed E-state index contributed by atoms with van der Waals surface area (Å²) in [5.74, 6) is -0.00733. The average Bonchev–Trinajstić information content (AvgIpc) is 2.29. The molecule has 0 saturated carbocycles. The molecule has 86 valence electrons. The molecule has 4 heteroatoms. The third-order valence-corrected chi connectivity index (χ3v) is 3.10. The number of carbonyl (C=O) groups excluding carboxylic acids is 1. The van der Waals surface area contributed by atoms with E-state index in [2.05, 4.69) is 12.6 Å². The number of benzene rings is 1. The molecule has 0 bridgehead atoms. The molecule has 3 nitrogen and oxygen atoms in total. The highest BCUT2D eigenvalue weighted by molar-refractivity contribution is 7.80. The van der Waals surface area contributed by atoms with Crippen molar-refractivity contribution in [2.24, 2.45) is 0 Å². The highest BCUT2D eigenvalue weighted by Gasteiger charge is 2.22. The van der Waals surface area contributed by atoms with E-state index in [1.807, 2.05) is 0 Å². The summed E-state index contributed by atoms with van der Waals surface area (Å²) in [6, 6.07) is 7.14. The van der Waals surface area contributed by atoms with E-state index in [4.69, 9.17) is 0 Å². The van der Waals surface area contributed by atoms with E-state index >= 15 is 0 Å². The molecule has 0 radical (unpaired) electrons. The number of carbonyl (C=O) groups is 1. The van der Waals surface area contributed by atoms with Crippen molar-refractivity contribution in [1.29, 1.82) is 0 Å². The van der Waals surface area contributed by atoms with Crippen molar-refractivity contribution in [2.45, 2.75) is 23.8 Å². The van der Waals surface area contributed by atoms with Crippen LogP contribution in [0.5, 0.6) is 0 Å². The Hall–Kier alpha value is -1.00. The topological polar surface area (TPSA) is 40.5 Å². The second kappa shape index (κ2) is 4.89. The maximum absolute atomic E-state index is 12.0. The van der Waals surface area contributed by atoms with Gasteiger partial charge in [-0.1, -0.05) is 0 Å². The van der Waals surface area contributed by atoms with Crippen molar-refractivity contribution in [2.75, 3.05) is 13.1 Å². The van der Waals surface area contributed by atoms with Gasteiger partial charge in [-0.25, -0.2) is 0 Å². The minimum atomic E-state index is -0.373. The zero-order chi connectivity index (χ0) is 11.5. The lowest BCUT2D eigenvalue weighted by Gasteiger charge is -2.30. The van der Waals surface area contributed by atoms with Crippen LogP contribution in [0.3, 0.4) is 0 Å². The van der Waals surface area contributed by atoms with Crippen LogP contribution in [-0.2, 0) is 0 Å². The average molecular weight is 237 g/mol. The molecule has 1 saturated heterocycles. The van der Waals surface area contributed by atoms with E-state index in [9.17, 15) is 9.90 Å². The second-order valence-corrected chi connectivity index (χ2v) is 4.61. The van der Waals surface area contributed by atoms with Gasteiger partial charge in [0.15, 0.2) is 0 Å². The van der Waals surface area contributed by atoms with E-state index in [-0.39, 0.29) is 12.0 Å². The molecule has 0 aromatic heterocycles. The van der Waals surface area contributed by atoms with Crippen LogP contribution in [0.4, 0.5) is 0 Å². The normalized spacial score (nSPS) is 20.9. The number of aliphatic hydroxyl groups is 1. The van der Waals surface area contributed by atoms with Gasteiger partial charge in [0, 0.05) is 23.5 Å². The summed E-state index contributed by atoms with van der Waals surface area (Å²) >= 11 is 4.18. The molecule has 1 aromatic rings. The molecule has 1 aromatic carbocycles. The van der Waals surface area contributed by atoms with Crippen molar-refractivity contribution < 1.29 is 9.90 Å². The van der Waals surface area contributed by atoms with Gasteiger partial charge < -0.3 is 10.0 Å². The molecule has 1 unspecified atom stereocenters. The largest absolute Gasteiger partial charge is 0.391 e. The molecule has 1 fully saturated rings. The third kappa shape index (κ3) is 2.57. The zero-order valence-corrected chi connectivity index (χ0v) is 9.86. The van der Waals surface area contributed by atoms with Crippen molar-refractivity contribution in [3.05, 3.63) is 29.8 Å². The fraction of sp³-hybridized carbons (Fsp3) is 0.417. The van der Waals surface area contributed by atoms with Gasteiger partial charge in [-0.05, 0) is 37.1 Å². The van der Waals surface area contributed by atoms with Gasteiger partial charge in [-0.2, -0.15) is 0 Å². The minimum absolute atomic E-state index is 0.00733. The monoisotopic (exact) mass is 237 g/mol. The maximum atomic E-state index is 12.0. The molecule has 2 rings (SSSR count). The number of rotatable bonds is 1. The third-order valence-electron chi connectivity index (χ3n) is 2.80. The van der Waals surface area contributed by atoms with Crippen molar-refractivity contribution >= 4 is 18.5 Å². The number of hydrogen-bond acceptors (Lipinski definition) is 3. The van der Waals surface area contributed by atoms with Crippen LogP contribution in [0.25, 0.3) is 0 Å². The van der Waals surface area contributed by atoms with Crippen molar-refractivity contribution in [3.63, 3.8) is 0 Å². The fourth-order valence-corrected chi connectivity index (χ4v) is 2.07. The Morgan fingerprint density at radius 3 is 2.69 bits per heavy atom. The molecule has 1 N–H and O–H groups in total. The Balaban J connectivity index is 2.09. The summed E-state index contributed by atoms with van der Waals surface area (Å²) in [7, 11) is 0. The molecule has 1 aliphatic heterocycles. The fourth-order valence-electron chi connectivity index (χ4n) is 1.93. The van der Waals surface area contributed by atoms with Crippen LogP contribution in [0, 0.1) is 0 Å². The summed E-state index contributed by atoms with van der Waals surface area (Å²) < 4.78 is 0. The number of β-amino-alcohol motifs (C(OH)–C–C–N with tert-alkyl or cyclic N) is 1. The SMILES string of the molecule is O=C(c1ccc(S)cc1)N1CCCC(O)C1. The van der Waals surface area contributed by atoms with Crippen LogP contribution in [-0.4, -0.2) is 35.1 Å². The van der Waals surface area contributed by atoms with E-state index in [0.717, 1.165) is 24.3 Å². The van der Waals surface area contributed by atoms with Crippen LogP contribution >= 0.6 is 12.6 Å². The summed E-state index contributed by atoms with van der Waals surface area (Å²) in [6.07, 6.45) is 1.29. The van der Waals surface area contributed by atoms with E-state index in [1.165, 1.54) is 0 Å². The highest BCUT2D eigenvalue weighted by Crippen LogP contribution is 2.15. The van der Waals surface area contributed by atoms with Crippen LogP contribution in [0.2, 0.25) is 0 Å². The van der Waals surface area contributed by atoms with Gasteiger partial charge in [0.05, 0.1) is 6.10 Å². The number of aliphatic hydroxyl groups excluding tert-OH is 1. The smallest absolute Gasteiger partial charge is 0.253 e. The number of thiol groups is 1. The molecule has 0 aliphatic carbocycles. The summed E-state index contributed by atoms with van der Waals surface area (Å²) in [5.41, 5.74) is 0.659. The van der Waals surface area contributed by atoms with Gasteiger partial charge in [0.25, 0.3) is 5.91 Å². The number of hydrogen-bond donors (Lipinski definition) is 2. The lowest BCUT2D eigenvalue weighted by Crippen LogP contribution is -2.42. The Bertz CT molecular complexity index is 377. The number of nitrogens with zero attached hydrogens (tertiary/aromatic N) is 1. The van der Waals surface area contributed by atoms with Gasteiger partial charge in [-0.15, -0.1) is 12.6 Å². The Morgan fingerprint density at radius 2 is 2.06 bits per heavy atom. The maximum Gasteiger partial charge on any atom is 0.253 e. The number of amides is 1. The summed E-state index contributed by atoms with van der Waals surface area (Å²) in [4.78, 5) is 14.6. The first-order valence-corrected chi connectivity index (χ1v) is 5.88. The van der Waals surface area contributed by atoms with Gasteiger partial charge in [-0.3, -0.25) is 4.79 Å². The first kappa shape index (κ1) is 11.5. The van der Waals surface area contributed by atoms with Gasteiger partial charge >= 0.3 is 0 Å². The zero-order valence-electron chi connectivity index (χ0n) is 8.97. The quantitative estimate of drug-likeness (QED) is 0.728. The minimum Gasteiger partial charge on any atom is -0.391 e. The molecule has 1 amide bonds. The second-order valence-electron chi connectivity index (χ2n) is 4.09. The first-order valence-electron chi connectivity index (χ1n) is 5.43. The van der Waals surface area contributed by atoms with Crippen LogP contribution in [0.15, 0.2) is 29.2 Å². The standard InChI is InChI=1S/C12H15NO2S/c14-10-2-1-7-13(8-10)12(15)9-3-5-11(16)6-4-9/h3-6,10,14,16H,1-2,7-8H2. The molecule has 1 heterocycles. The Labute approximate surface area is 100 Å². The lowest BCUT2D eigenvalue weighted by atomic mass is 10.1. The highest BCUT2D eigenvalue weighted by atomic mass is 32.1. The predicted octanol–water partition coefficient (Wildman–Crippen LogP) is 1.57. The summed E-state index contributed by atoms with van der Waals surface area (Å²) in [6.45, 7) is 1.18. The Kier molecular flexibility index (Phi) is 3.51. The molecule has 0 spiro atoms.